The molecule has 0 heterocycles. The van der Waals surface area contributed by atoms with E-state index in [4.69, 9.17) is 5.11 Å². The van der Waals surface area contributed by atoms with Crippen molar-refractivity contribution in [2.75, 3.05) is 7.11 Å². The Morgan fingerprint density at radius 3 is 2.33 bits per heavy atom. The van der Waals surface area contributed by atoms with Crippen LogP contribution in [0.4, 0.5) is 0 Å². The fraction of sp³-hybridized carbons (Fsp3) is 0.385. The zero-order chi connectivity index (χ0) is 16.0. The van der Waals surface area contributed by atoms with Crippen LogP contribution in [0.25, 0.3) is 0 Å². The molecule has 2 N–H and O–H groups in total. The largest absolute Gasteiger partial charge is 0.480 e. The van der Waals surface area contributed by atoms with Gasteiger partial charge < -0.3 is 9.84 Å². The first-order valence-electron chi connectivity index (χ1n) is 6.13. The van der Waals surface area contributed by atoms with Gasteiger partial charge in [0.15, 0.2) is 5.25 Å². The number of nitrogens with one attached hydrogen (secondary N) is 1. The molecule has 0 aliphatic heterocycles. The van der Waals surface area contributed by atoms with E-state index in [9.17, 15) is 18.0 Å². The third-order valence-corrected chi connectivity index (χ3v) is 4.62. The Morgan fingerprint density at radius 1 is 1.29 bits per heavy atom. The number of rotatable bonds is 7. The molecular weight excluding hydrogens is 298 g/mol. The minimum Gasteiger partial charge on any atom is -0.480 e. The zero-order valence-corrected chi connectivity index (χ0v) is 12.5. The summed E-state index contributed by atoms with van der Waals surface area (Å²) in [4.78, 5) is 22.5. The number of ether oxygens (including phenoxy) is 1. The highest BCUT2D eigenvalue weighted by Crippen LogP contribution is 2.07. The van der Waals surface area contributed by atoms with Crippen LogP contribution in [0.2, 0.25) is 0 Å². The minimum absolute atomic E-state index is 0.0245. The number of carboxylic acid groups (broad SMARTS) is 1. The Labute approximate surface area is 123 Å². The van der Waals surface area contributed by atoms with Crippen molar-refractivity contribution in [2.24, 2.45) is 0 Å². The summed E-state index contributed by atoms with van der Waals surface area (Å²) in [7, 11) is -3.08. The number of carbonyl (C=O) groups excluding carboxylic acids is 1. The molecule has 0 aromatic heterocycles. The molecule has 0 spiro atoms. The van der Waals surface area contributed by atoms with Crippen LogP contribution >= 0.6 is 0 Å². The lowest BCUT2D eigenvalue weighted by molar-refractivity contribution is -0.140. The number of methoxy groups -OCH3 is 1. The van der Waals surface area contributed by atoms with Crippen molar-refractivity contribution >= 4 is 22.0 Å². The first-order valence-corrected chi connectivity index (χ1v) is 7.68. The van der Waals surface area contributed by atoms with Crippen LogP contribution in [0.15, 0.2) is 30.3 Å². The second-order valence-electron chi connectivity index (χ2n) is 4.41. The molecule has 0 radical (unpaired) electrons. The SMILES string of the molecule is COC(=O)C(C)S(=O)(=O)NC(Cc1ccccc1)C(=O)O. The molecule has 0 bridgehead atoms. The van der Waals surface area contributed by atoms with Gasteiger partial charge in [-0.2, -0.15) is 4.72 Å². The fourth-order valence-corrected chi connectivity index (χ4v) is 2.76. The number of esters is 1. The van der Waals surface area contributed by atoms with Crippen molar-refractivity contribution in [3.63, 3.8) is 0 Å². The number of sulfonamides is 1. The van der Waals surface area contributed by atoms with Crippen LogP contribution < -0.4 is 4.72 Å². The molecule has 7 nitrogen and oxygen atoms in total. The van der Waals surface area contributed by atoms with Crippen LogP contribution in [0.5, 0.6) is 0 Å². The Hall–Kier alpha value is -1.93. The first kappa shape index (κ1) is 17.1. The van der Waals surface area contributed by atoms with Crippen molar-refractivity contribution in [1.29, 1.82) is 0 Å². The van der Waals surface area contributed by atoms with Gasteiger partial charge in [0.05, 0.1) is 7.11 Å². The van der Waals surface area contributed by atoms with Crippen LogP contribution in [0.1, 0.15) is 12.5 Å². The monoisotopic (exact) mass is 315 g/mol. The molecule has 0 aliphatic rings. The molecule has 0 saturated carbocycles. The van der Waals surface area contributed by atoms with Crippen molar-refractivity contribution < 1.29 is 27.9 Å². The quantitative estimate of drug-likeness (QED) is 0.694. The fourth-order valence-electron chi connectivity index (χ4n) is 1.62. The number of carbonyl (C=O) groups is 2. The molecule has 2 atom stereocenters. The minimum atomic E-state index is -4.14. The normalized spacial score (nSPS) is 14.2. The summed E-state index contributed by atoms with van der Waals surface area (Å²) in [5.74, 6) is -2.27. The lowest BCUT2D eigenvalue weighted by Gasteiger charge is -2.17. The van der Waals surface area contributed by atoms with E-state index in [2.05, 4.69) is 4.74 Å². The summed E-state index contributed by atoms with van der Waals surface area (Å²) in [6, 6.07) is 7.23. The summed E-state index contributed by atoms with van der Waals surface area (Å²) in [6.07, 6.45) is -0.0245. The van der Waals surface area contributed by atoms with Gasteiger partial charge in [-0.25, -0.2) is 8.42 Å². The van der Waals surface area contributed by atoms with E-state index < -0.39 is 33.3 Å². The molecule has 116 valence electrons. The first-order chi connectivity index (χ1) is 9.77. The molecule has 1 aromatic rings. The van der Waals surface area contributed by atoms with Crippen LogP contribution in [0, 0.1) is 0 Å². The maximum absolute atomic E-state index is 12.0. The number of benzene rings is 1. The van der Waals surface area contributed by atoms with E-state index in [0.717, 1.165) is 14.0 Å². The van der Waals surface area contributed by atoms with Crippen molar-refractivity contribution in [2.45, 2.75) is 24.6 Å². The predicted molar refractivity (Wildman–Crippen MR) is 75.1 cm³/mol. The summed E-state index contributed by atoms with van der Waals surface area (Å²) < 4.78 is 30.3. The average molecular weight is 315 g/mol. The number of aliphatic carboxylic acids is 1. The lowest BCUT2D eigenvalue weighted by atomic mass is 10.1. The maximum atomic E-state index is 12.0. The van der Waals surface area contributed by atoms with E-state index in [1.807, 2.05) is 4.72 Å². The average Bonchev–Trinajstić information content (AvgIpc) is 2.45. The Bertz CT molecular complexity index is 598. The van der Waals surface area contributed by atoms with E-state index >= 15 is 0 Å². The molecule has 1 aromatic carbocycles. The molecule has 0 fully saturated rings. The van der Waals surface area contributed by atoms with Gasteiger partial charge in [-0.1, -0.05) is 30.3 Å². The number of carboxylic acids is 1. The smallest absolute Gasteiger partial charge is 0.325 e. The number of hydrogen-bond donors (Lipinski definition) is 2. The molecule has 0 aliphatic carbocycles. The standard InChI is InChI=1S/C13H17NO6S/c1-9(13(17)20-2)21(18,19)14-11(12(15)16)8-10-6-4-3-5-7-10/h3-7,9,11,14H,8H2,1-2H3,(H,15,16). The van der Waals surface area contributed by atoms with E-state index in [1.54, 1.807) is 30.3 Å². The van der Waals surface area contributed by atoms with Gasteiger partial charge in [0, 0.05) is 0 Å². The highest BCUT2D eigenvalue weighted by molar-refractivity contribution is 7.90. The van der Waals surface area contributed by atoms with Gasteiger partial charge in [-0.15, -0.1) is 0 Å². The summed E-state index contributed by atoms with van der Waals surface area (Å²) in [5.41, 5.74) is 0.665. The van der Waals surface area contributed by atoms with Crippen LogP contribution in [-0.2, 0) is 30.8 Å². The lowest BCUT2D eigenvalue weighted by Crippen LogP contribution is -2.47. The zero-order valence-electron chi connectivity index (χ0n) is 11.6. The summed E-state index contributed by atoms with van der Waals surface area (Å²) in [6.45, 7) is 1.13. The second kappa shape index (κ2) is 7.19. The molecule has 0 saturated heterocycles. The molecule has 2 unspecified atom stereocenters. The highest BCUT2D eigenvalue weighted by Gasteiger charge is 2.33. The molecule has 21 heavy (non-hydrogen) atoms. The van der Waals surface area contributed by atoms with Gasteiger partial charge in [0.2, 0.25) is 10.0 Å². The molecular formula is C13H17NO6S. The topological polar surface area (TPSA) is 110 Å². The maximum Gasteiger partial charge on any atom is 0.325 e. The number of hydrogen-bond acceptors (Lipinski definition) is 5. The van der Waals surface area contributed by atoms with Crippen molar-refractivity contribution in [1.82, 2.24) is 4.72 Å². The van der Waals surface area contributed by atoms with Crippen LogP contribution in [-0.4, -0.2) is 43.9 Å². The Morgan fingerprint density at radius 2 is 1.86 bits per heavy atom. The predicted octanol–water partition coefficient (Wildman–Crippen LogP) is 0.163. The third-order valence-electron chi connectivity index (χ3n) is 2.89. The van der Waals surface area contributed by atoms with E-state index in [1.165, 1.54) is 0 Å². The Balaban J connectivity index is 2.88. The third kappa shape index (κ3) is 4.83. The van der Waals surface area contributed by atoms with Gasteiger partial charge in [-0.3, -0.25) is 9.59 Å². The molecule has 1 rings (SSSR count). The van der Waals surface area contributed by atoms with Crippen molar-refractivity contribution in [3.8, 4) is 0 Å². The van der Waals surface area contributed by atoms with Crippen LogP contribution in [0.3, 0.4) is 0 Å². The Kier molecular flexibility index (Phi) is 5.86. The molecule has 8 heteroatoms. The molecule has 0 amide bonds. The van der Waals surface area contributed by atoms with Gasteiger partial charge >= 0.3 is 11.9 Å². The van der Waals surface area contributed by atoms with Crippen molar-refractivity contribution in [3.05, 3.63) is 35.9 Å². The van der Waals surface area contributed by atoms with Gasteiger partial charge in [0.1, 0.15) is 6.04 Å². The highest BCUT2D eigenvalue weighted by atomic mass is 32.2. The van der Waals surface area contributed by atoms with Gasteiger partial charge in [0.25, 0.3) is 0 Å². The van der Waals surface area contributed by atoms with Gasteiger partial charge in [-0.05, 0) is 18.9 Å². The summed E-state index contributed by atoms with van der Waals surface area (Å²) in [5, 5.41) is 7.65. The van der Waals surface area contributed by atoms with E-state index in [0.29, 0.717) is 5.56 Å². The second-order valence-corrected chi connectivity index (χ2v) is 6.44. The van der Waals surface area contributed by atoms with E-state index in [-0.39, 0.29) is 6.42 Å². The summed E-state index contributed by atoms with van der Waals surface area (Å²) >= 11 is 0.